The van der Waals surface area contributed by atoms with Gasteiger partial charge < -0.3 is 0 Å². The minimum atomic E-state index is 0.0602. The van der Waals surface area contributed by atoms with Crippen LogP contribution in [0.5, 0.6) is 0 Å². The molecule has 1 fully saturated rings. The molecule has 5 nitrogen and oxygen atoms in total. The number of carbonyl (C=O) groups is 1. The van der Waals surface area contributed by atoms with Gasteiger partial charge in [0.15, 0.2) is 0 Å². The highest BCUT2D eigenvalue weighted by Crippen LogP contribution is 2.43. The number of fused-ring (bicyclic) bond motifs is 1. The zero-order chi connectivity index (χ0) is 11.3. The van der Waals surface area contributed by atoms with Crippen molar-refractivity contribution in [3.63, 3.8) is 0 Å². The van der Waals surface area contributed by atoms with Crippen LogP contribution in [0, 0.1) is 11.8 Å². The van der Waals surface area contributed by atoms with Crippen molar-refractivity contribution in [1.82, 2.24) is 15.2 Å². The van der Waals surface area contributed by atoms with E-state index in [1.807, 2.05) is 17.1 Å². The quantitative estimate of drug-likeness (QED) is 0.802. The first-order chi connectivity index (χ1) is 7.66. The van der Waals surface area contributed by atoms with Crippen LogP contribution in [0.1, 0.15) is 31.9 Å². The van der Waals surface area contributed by atoms with Gasteiger partial charge in [0.2, 0.25) is 5.91 Å². The van der Waals surface area contributed by atoms with Crippen LogP contribution in [0.25, 0.3) is 0 Å². The van der Waals surface area contributed by atoms with Crippen LogP contribution < -0.4 is 5.43 Å². The van der Waals surface area contributed by atoms with E-state index in [0.29, 0.717) is 12.0 Å². The van der Waals surface area contributed by atoms with Crippen molar-refractivity contribution >= 4 is 11.6 Å². The van der Waals surface area contributed by atoms with Gasteiger partial charge in [-0.15, -0.1) is 0 Å². The number of aromatic nitrogens is 2. The van der Waals surface area contributed by atoms with E-state index in [1.54, 1.807) is 0 Å². The summed E-state index contributed by atoms with van der Waals surface area (Å²) in [4.78, 5) is 11.3. The Morgan fingerprint density at radius 2 is 2.31 bits per heavy atom. The lowest BCUT2D eigenvalue weighted by Gasteiger charge is -2.09. The number of nitrogens with zero attached hydrogens (tertiary/aromatic N) is 3. The first kappa shape index (κ1) is 9.57. The molecule has 0 radical (unpaired) electrons. The molecule has 2 heterocycles. The summed E-state index contributed by atoms with van der Waals surface area (Å²) < 4.78 is 1.91. The monoisotopic (exact) mass is 218 g/mol. The van der Waals surface area contributed by atoms with Gasteiger partial charge in [0.05, 0.1) is 11.9 Å². The molecule has 1 aromatic rings. The first-order valence-corrected chi connectivity index (χ1v) is 5.59. The van der Waals surface area contributed by atoms with Crippen LogP contribution in [0.3, 0.4) is 0 Å². The summed E-state index contributed by atoms with van der Waals surface area (Å²) >= 11 is 0. The molecule has 1 saturated carbocycles. The summed E-state index contributed by atoms with van der Waals surface area (Å²) in [5, 5.41) is 8.43. The number of carbonyl (C=O) groups excluding carboxylic acids is 1. The highest BCUT2D eigenvalue weighted by atomic mass is 16.2. The third-order valence-electron chi connectivity index (χ3n) is 3.19. The Balaban J connectivity index is 1.90. The molecule has 2 atom stereocenters. The highest BCUT2D eigenvalue weighted by Gasteiger charge is 2.49. The predicted molar refractivity (Wildman–Crippen MR) is 58.9 cm³/mol. The van der Waals surface area contributed by atoms with Gasteiger partial charge in [-0.25, -0.2) is 5.43 Å². The molecule has 3 rings (SSSR count). The van der Waals surface area contributed by atoms with Gasteiger partial charge in [-0.1, -0.05) is 0 Å². The number of hydrazone groups is 1. The molecule has 2 aliphatic rings. The number of amides is 1. The first-order valence-electron chi connectivity index (χ1n) is 5.59. The van der Waals surface area contributed by atoms with E-state index in [0.717, 1.165) is 17.7 Å². The fraction of sp³-hybridized carbons (Fsp3) is 0.545. The van der Waals surface area contributed by atoms with Crippen LogP contribution >= 0.6 is 0 Å². The second kappa shape index (κ2) is 3.17. The Kier molecular flexibility index (Phi) is 1.89. The molecule has 16 heavy (non-hydrogen) atoms. The number of hydrogen-bond donors (Lipinski definition) is 1. The molecule has 1 aliphatic heterocycles. The van der Waals surface area contributed by atoms with E-state index >= 15 is 0 Å². The molecule has 0 unspecified atom stereocenters. The Labute approximate surface area is 93.5 Å². The predicted octanol–water partition coefficient (Wildman–Crippen LogP) is 0.934. The van der Waals surface area contributed by atoms with Crippen molar-refractivity contribution in [1.29, 1.82) is 0 Å². The van der Waals surface area contributed by atoms with Crippen molar-refractivity contribution < 1.29 is 4.79 Å². The lowest BCUT2D eigenvalue weighted by Crippen LogP contribution is -2.28. The highest BCUT2D eigenvalue weighted by molar-refractivity contribution is 6.09. The average molecular weight is 218 g/mol. The maximum atomic E-state index is 11.3. The van der Waals surface area contributed by atoms with E-state index in [4.69, 9.17) is 0 Å². The SMILES string of the molecule is CC(C)n1cc(C2=NNC(=O)[C@H]3C[C@H]23)cn1. The zero-order valence-corrected chi connectivity index (χ0v) is 9.34. The molecule has 84 valence electrons. The van der Waals surface area contributed by atoms with Crippen molar-refractivity contribution in [2.75, 3.05) is 0 Å². The van der Waals surface area contributed by atoms with Gasteiger partial charge in [-0.05, 0) is 20.3 Å². The molecule has 0 aromatic carbocycles. The summed E-state index contributed by atoms with van der Waals surface area (Å²) in [6.45, 7) is 4.17. The van der Waals surface area contributed by atoms with Gasteiger partial charge >= 0.3 is 0 Å². The van der Waals surface area contributed by atoms with Crippen LogP contribution in [0.15, 0.2) is 17.5 Å². The van der Waals surface area contributed by atoms with E-state index in [2.05, 4.69) is 29.5 Å². The molecule has 0 saturated heterocycles. The van der Waals surface area contributed by atoms with E-state index < -0.39 is 0 Å². The number of hydrogen-bond acceptors (Lipinski definition) is 3. The number of nitrogens with one attached hydrogen (secondary N) is 1. The maximum Gasteiger partial charge on any atom is 0.243 e. The van der Waals surface area contributed by atoms with Gasteiger partial charge in [0.25, 0.3) is 0 Å². The van der Waals surface area contributed by atoms with Crippen LogP contribution in [-0.4, -0.2) is 21.4 Å². The fourth-order valence-electron chi connectivity index (χ4n) is 2.10. The average Bonchev–Trinajstić information content (AvgIpc) is 2.89. The molecule has 1 aromatic heterocycles. The smallest absolute Gasteiger partial charge is 0.243 e. The van der Waals surface area contributed by atoms with Crippen LogP contribution in [0.4, 0.5) is 0 Å². The largest absolute Gasteiger partial charge is 0.273 e. The minimum absolute atomic E-state index is 0.0602. The van der Waals surface area contributed by atoms with Crippen molar-refractivity contribution in [3.8, 4) is 0 Å². The van der Waals surface area contributed by atoms with Crippen LogP contribution in [0.2, 0.25) is 0 Å². The minimum Gasteiger partial charge on any atom is -0.273 e. The normalized spacial score (nSPS) is 27.4. The Morgan fingerprint density at radius 3 is 3.00 bits per heavy atom. The second-order valence-corrected chi connectivity index (χ2v) is 4.72. The summed E-state index contributed by atoms with van der Waals surface area (Å²) in [5.41, 5.74) is 4.58. The molecule has 5 heteroatoms. The fourth-order valence-corrected chi connectivity index (χ4v) is 2.10. The maximum absolute atomic E-state index is 11.3. The third-order valence-corrected chi connectivity index (χ3v) is 3.19. The van der Waals surface area contributed by atoms with Gasteiger partial charge in [0.1, 0.15) is 0 Å². The van der Waals surface area contributed by atoms with Gasteiger partial charge in [-0.2, -0.15) is 10.2 Å². The molecule has 1 N–H and O–H groups in total. The third kappa shape index (κ3) is 1.35. The van der Waals surface area contributed by atoms with E-state index in [1.165, 1.54) is 0 Å². The summed E-state index contributed by atoms with van der Waals surface area (Å²) in [5.74, 6) is 0.526. The van der Waals surface area contributed by atoms with Crippen molar-refractivity contribution in [3.05, 3.63) is 18.0 Å². The Morgan fingerprint density at radius 1 is 1.50 bits per heavy atom. The summed E-state index contributed by atoms with van der Waals surface area (Å²) in [7, 11) is 0. The number of rotatable bonds is 2. The van der Waals surface area contributed by atoms with Gasteiger partial charge in [0, 0.05) is 29.6 Å². The second-order valence-electron chi connectivity index (χ2n) is 4.72. The summed E-state index contributed by atoms with van der Waals surface area (Å²) in [6, 6.07) is 0.350. The van der Waals surface area contributed by atoms with Gasteiger partial charge in [-0.3, -0.25) is 9.48 Å². The van der Waals surface area contributed by atoms with E-state index in [-0.39, 0.29) is 11.8 Å². The molecule has 0 bridgehead atoms. The van der Waals surface area contributed by atoms with Crippen molar-refractivity contribution in [2.24, 2.45) is 16.9 Å². The topological polar surface area (TPSA) is 59.3 Å². The summed E-state index contributed by atoms with van der Waals surface area (Å²) in [6.07, 6.45) is 4.75. The Hall–Kier alpha value is -1.65. The molecule has 1 aliphatic carbocycles. The zero-order valence-electron chi connectivity index (χ0n) is 9.34. The molecular weight excluding hydrogens is 204 g/mol. The lowest BCUT2D eigenvalue weighted by molar-refractivity contribution is -0.122. The molecule has 1 amide bonds. The molecule has 0 spiro atoms. The standard InChI is InChI=1S/C11H14N4O/c1-6(2)15-5-7(4-12-15)10-8-3-9(8)11(16)14-13-10/h4-6,8-9H,3H2,1-2H3,(H,14,16)/t8-,9-/m0/s1. The Bertz CT molecular complexity index is 474. The van der Waals surface area contributed by atoms with Crippen molar-refractivity contribution in [2.45, 2.75) is 26.3 Å². The molecular formula is C11H14N4O. The lowest BCUT2D eigenvalue weighted by atomic mass is 10.1. The van der Waals surface area contributed by atoms with Crippen LogP contribution in [-0.2, 0) is 4.79 Å². The van der Waals surface area contributed by atoms with E-state index in [9.17, 15) is 4.79 Å².